The average Bonchev–Trinajstić information content (AvgIpc) is 3.36. The molecule has 0 aliphatic heterocycles. The molecular formula is C18H19NO5S4. The molecule has 0 aliphatic rings. The molecule has 2 heterocycles. The van der Waals surface area contributed by atoms with Crippen molar-refractivity contribution in [3.05, 3.63) is 63.7 Å². The SMILES string of the molecule is COc1ccc(C)cc1S(=O)(=O)NC[C@@H](c1cccs1)S(=O)(=O)c1cccs1. The minimum Gasteiger partial charge on any atom is -0.495 e. The lowest BCUT2D eigenvalue weighted by molar-refractivity contribution is 0.402. The summed E-state index contributed by atoms with van der Waals surface area (Å²) in [6.45, 7) is 1.49. The van der Waals surface area contributed by atoms with E-state index in [1.54, 1.807) is 48.0 Å². The van der Waals surface area contributed by atoms with E-state index >= 15 is 0 Å². The van der Waals surface area contributed by atoms with E-state index in [4.69, 9.17) is 4.74 Å². The summed E-state index contributed by atoms with van der Waals surface area (Å²) in [4.78, 5) is 0.556. The first kappa shape index (κ1) is 21.0. The Hall–Kier alpha value is -1.72. The van der Waals surface area contributed by atoms with Crippen molar-refractivity contribution >= 4 is 42.5 Å². The lowest BCUT2D eigenvalue weighted by Gasteiger charge is -2.17. The average molecular weight is 458 g/mol. The van der Waals surface area contributed by atoms with Gasteiger partial charge in [-0.15, -0.1) is 22.7 Å². The molecule has 3 rings (SSSR count). The molecule has 0 fully saturated rings. The fourth-order valence-corrected chi connectivity index (χ4v) is 8.05. The van der Waals surface area contributed by atoms with Gasteiger partial charge in [-0.25, -0.2) is 21.6 Å². The number of thiophene rings is 2. The molecule has 10 heteroatoms. The molecule has 0 amide bonds. The summed E-state index contributed by atoms with van der Waals surface area (Å²) in [5.74, 6) is 0.201. The highest BCUT2D eigenvalue weighted by molar-refractivity contribution is 7.94. The maximum Gasteiger partial charge on any atom is 0.244 e. The number of ether oxygens (including phenoxy) is 1. The van der Waals surface area contributed by atoms with Gasteiger partial charge in [-0.1, -0.05) is 18.2 Å². The molecule has 2 aromatic heterocycles. The summed E-state index contributed by atoms with van der Waals surface area (Å²) < 4.78 is 59.7. The number of benzene rings is 1. The van der Waals surface area contributed by atoms with Gasteiger partial charge in [-0.3, -0.25) is 0 Å². The van der Waals surface area contributed by atoms with Crippen molar-refractivity contribution in [2.45, 2.75) is 21.3 Å². The van der Waals surface area contributed by atoms with E-state index in [1.165, 1.54) is 30.6 Å². The largest absolute Gasteiger partial charge is 0.495 e. The second kappa shape index (κ2) is 8.34. The van der Waals surface area contributed by atoms with Crippen LogP contribution in [0.4, 0.5) is 0 Å². The third-order valence-electron chi connectivity index (χ3n) is 4.08. The highest BCUT2D eigenvalue weighted by Gasteiger charge is 2.32. The van der Waals surface area contributed by atoms with Crippen LogP contribution in [-0.2, 0) is 19.9 Å². The Kier molecular flexibility index (Phi) is 6.25. The van der Waals surface area contributed by atoms with Crippen molar-refractivity contribution in [3.63, 3.8) is 0 Å². The molecule has 0 saturated carbocycles. The number of sulfone groups is 1. The zero-order chi connectivity index (χ0) is 20.4. The van der Waals surface area contributed by atoms with Gasteiger partial charge in [-0.05, 0) is 47.5 Å². The Morgan fingerprint density at radius 3 is 2.36 bits per heavy atom. The van der Waals surface area contributed by atoms with Gasteiger partial charge in [-0.2, -0.15) is 0 Å². The molecule has 0 radical (unpaired) electrons. The van der Waals surface area contributed by atoms with Crippen molar-refractivity contribution in [1.29, 1.82) is 0 Å². The van der Waals surface area contributed by atoms with Gasteiger partial charge in [0, 0.05) is 11.4 Å². The molecule has 1 N–H and O–H groups in total. The zero-order valence-electron chi connectivity index (χ0n) is 15.2. The van der Waals surface area contributed by atoms with Crippen molar-refractivity contribution < 1.29 is 21.6 Å². The fourth-order valence-electron chi connectivity index (χ4n) is 2.66. The topological polar surface area (TPSA) is 89.5 Å². The van der Waals surface area contributed by atoms with Crippen LogP contribution in [0.3, 0.4) is 0 Å². The monoisotopic (exact) mass is 457 g/mol. The first-order chi connectivity index (χ1) is 13.3. The van der Waals surface area contributed by atoms with E-state index in [2.05, 4.69) is 4.72 Å². The number of hydrogen-bond acceptors (Lipinski definition) is 7. The van der Waals surface area contributed by atoms with E-state index in [-0.39, 0.29) is 21.4 Å². The van der Waals surface area contributed by atoms with E-state index < -0.39 is 25.1 Å². The van der Waals surface area contributed by atoms with Crippen molar-refractivity contribution in [2.75, 3.05) is 13.7 Å². The molecule has 0 saturated heterocycles. The first-order valence-corrected chi connectivity index (χ1v) is 13.0. The summed E-state index contributed by atoms with van der Waals surface area (Å²) in [5.41, 5.74) is 0.752. The molecule has 3 aromatic rings. The predicted octanol–water partition coefficient (Wildman–Crippen LogP) is 3.62. The van der Waals surface area contributed by atoms with Gasteiger partial charge in [0.15, 0.2) is 9.84 Å². The molecule has 0 aliphatic carbocycles. The van der Waals surface area contributed by atoms with Crippen LogP contribution in [0, 0.1) is 6.92 Å². The molecule has 28 heavy (non-hydrogen) atoms. The number of hydrogen-bond donors (Lipinski definition) is 1. The summed E-state index contributed by atoms with van der Waals surface area (Å²) in [5, 5.41) is 2.43. The summed E-state index contributed by atoms with van der Waals surface area (Å²) in [6.07, 6.45) is 0. The maximum atomic E-state index is 13.1. The molecule has 6 nitrogen and oxygen atoms in total. The van der Waals surface area contributed by atoms with Crippen LogP contribution < -0.4 is 9.46 Å². The third kappa shape index (κ3) is 4.31. The lowest BCUT2D eigenvalue weighted by Crippen LogP contribution is -2.31. The maximum absolute atomic E-state index is 13.1. The van der Waals surface area contributed by atoms with Gasteiger partial charge >= 0.3 is 0 Å². The Labute approximate surface area is 172 Å². The normalized spacial score (nSPS) is 13.4. The third-order valence-corrected chi connectivity index (χ3v) is 10.2. The Balaban J connectivity index is 1.94. The second-order valence-corrected chi connectivity index (χ2v) is 12.0. The summed E-state index contributed by atoms with van der Waals surface area (Å²) >= 11 is 2.39. The van der Waals surface area contributed by atoms with Gasteiger partial charge < -0.3 is 4.74 Å². The molecule has 1 aromatic carbocycles. The number of aryl methyl sites for hydroxylation is 1. The molecule has 1 atom stereocenters. The van der Waals surface area contributed by atoms with E-state index in [9.17, 15) is 16.8 Å². The summed E-state index contributed by atoms with van der Waals surface area (Å²) in [6, 6.07) is 11.4. The van der Waals surface area contributed by atoms with Gasteiger partial charge in [0.05, 0.1) is 7.11 Å². The standard InChI is InChI=1S/C18H19NO5S4/c1-13-7-8-14(24-2)16(11-13)28(22,23)19-12-17(15-5-3-9-25-15)27(20,21)18-6-4-10-26-18/h3-11,17,19H,12H2,1-2H3/t17-/m0/s1. The van der Waals surface area contributed by atoms with Crippen molar-refractivity contribution in [2.24, 2.45) is 0 Å². The van der Waals surface area contributed by atoms with Crippen LogP contribution in [-0.4, -0.2) is 30.5 Å². The zero-order valence-corrected chi connectivity index (χ0v) is 18.4. The van der Waals surface area contributed by atoms with Crippen LogP contribution in [0.2, 0.25) is 0 Å². The first-order valence-electron chi connectivity index (χ1n) is 8.21. The Morgan fingerprint density at radius 2 is 1.75 bits per heavy atom. The number of methoxy groups -OCH3 is 1. The molecule has 150 valence electrons. The molecular weight excluding hydrogens is 438 g/mol. The van der Waals surface area contributed by atoms with Gasteiger partial charge in [0.25, 0.3) is 0 Å². The highest BCUT2D eigenvalue weighted by Crippen LogP contribution is 2.34. The van der Waals surface area contributed by atoms with Crippen LogP contribution in [0.15, 0.2) is 62.3 Å². The Bertz CT molecular complexity index is 1130. The van der Waals surface area contributed by atoms with Crippen LogP contribution in [0.5, 0.6) is 5.75 Å². The van der Waals surface area contributed by atoms with Gasteiger partial charge in [0.1, 0.15) is 20.1 Å². The smallest absolute Gasteiger partial charge is 0.244 e. The van der Waals surface area contributed by atoms with E-state index in [0.717, 1.165) is 16.9 Å². The quantitative estimate of drug-likeness (QED) is 0.558. The number of nitrogens with one attached hydrogen (secondary N) is 1. The van der Waals surface area contributed by atoms with Crippen molar-refractivity contribution in [1.82, 2.24) is 4.72 Å². The molecule has 0 unspecified atom stereocenters. The van der Waals surface area contributed by atoms with Gasteiger partial charge in [0.2, 0.25) is 10.0 Å². The number of rotatable bonds is 8. The molecule has 0 bridgehead atoms. The van der Waals surface area contributed by atoms with Crippen molar-refractivity contribution in [3.8, 4) is 5.75 Å². The number of sulfonamides is 1. The van der Waals surface area contributed by atoms with Crippen LogP contribution in [0.25, 0.3) is 0 Å². The minimum absolute atomic E-state index is 0.0200. The second-order valence-electron chi connectivity index (χ2n) is 5.99. The Morgan fingerprint density at radius 1 is 1.04 bits per heavy atom. The lowest BCUT2D eigenvalue weighted by atomic mass is 10.2. The van der Waals surface area contributed by atoms with E-state index in [0.29, 0.717) is 4.88 Å². The van der Waals surface area contributed by atoms with Crippen LogP contribution >= 0.6 is 22.7 Å². The summed E-state index contributed by atoms with van der Waals surface area (Å²) in [7, 11) is -6.32. The minimum atomic E-state index is -3.97. The molecule has 0 spiro atoms. The predicted molar refractivity (Wildman–Crippen MR) is 111 cm³/mol. The van der Waals surface area contributed by atoms with Crippen LogP contribution in [0.1, 0.15) is 15.7 Å². The fraction of sp³-hybridized carbons (Fsp3) is 0.222. The highest BCUT2D eigenvalue weighted by atomic mass is 32.2. The van der Waals surface area contributed by atoms with E-state index in [1.807, 2.05) is 0 Å².